The molecule has 2 rings (SSSR count). The molecule has 17 heavy (non-hydrogen) atoms. The lowest BCUT2D eigenvalue weighted by Gasteiger charge is -2.28. The van der Waals surface area contributed by atoms with E-state index in [1.807, 2.05) is 11.9 Å². The van der Waals surface area contributed by atoms with Gasteiger partial charge < -0.3 is 15.4 Å². The van der Waals surface area contributed by atoms with Crippen LogP contribution in [0.4, 0.5) is 5.69 Å². The Kier molecular flexibility index (Phi) is 3.26. The zero-order valence-corrected chi connectivity index (χ0v) is 10.5. The molecule has 1 heterocycles. The van der Waals surface area contributed by atoms with Crippen LogP contribution in [0.15, 0.2) is 23.1 Å². The van der Waals surface area contributed by atoms with E-state index >= 15 is 0 Å². The maximum absolute atomic E-state index is 11.9. The molecular weight excluding hydrogens is 240 g/mol. The topological polar surface area (TPSA) is 72.6 Å². The average Bonchev–Trinajstić information content (AvgIpc) is 2.29. The molecule has 0 atom stereocenters. The second kappa shape index (κ2) is 4.54. The summed E-state index contributed by atoms with van der Waals surface area (Å²) in [6.07, 6.45) is 0. The predicted octanol–water partition coefficient (Wildman–Crippen LogP) is 0.248. The first-order valence-electron chi connectivity index (χ1n) is 5.45. The number of hydrogen-bond donors (Lipinski definition) is 1. The van der Waals surface area contributed by atoms with E-state index in [9.17, 15) is 8.42 Å². The molecule has 0 radical (unpaired) electrons. The summed E-state index contributed by atoms with van der Waals surface area (Å²) in [5.74, 6) is 0.696. The minimum absolute atomic E-state index is 0.0314. The molecule has 1 aliphatic heterocycles. The van der Waals surface area contributed by atoms with E-state index < -0.39 is 9.84 Å². The molecule has 0 fully saturated rings. The molecule has 0 saturated heterocycles. The average molecular weight is 256 g/mol. The SMILES string of the molecule is CN1CCOc2ccc(S(=O)(=O)CCN)cc21. The Labute approximate surface area is 101 Å². The van der Waals surface area contributed by atoms with Gasteiger partial charge in [0, 0.05) is 13.6 Å². The third-order valence-corrected chi connectivity index (χ3v) is 4.52. The van der Waals surface area contributed by atoms with Gasteiger partial charge in [0.25, 0.3) is 0 Å². The molecule has 0 aliphatic carbocycles. The van der Waals surface area contributed by atoms with Crippen molar-refractivity contribution in [2.45, 2.75) is 4.90 Å². The molecule has 2 N–H and O–H groups in total. The van der Waals surface area contributed by atoms with Crippen molar-refractivity contribution in [3.8, 4) is 5.75 Å². The van der Waals surface area contributed by atoms with Crippen LogP contribution in [0.5, 0.6) is 5.75 Å². The quantitative estimate of drug-likeness (QED) is 0.839. The number of anilines is 1. The third-order valence-electron chi connectivity index (χ3n) is 2.77. The molecule has 1 aromatic carbocycles. The van der Waals surface area contributed by atoms with Crippen molar-refractivity contribution in [2.24, 2.45) is 5.73 Å². The van der Waals surface area contributed by atoms with Crippen molar-refractivity contribution in [3.63, 3.8) is 0 Å². The van der Waals surface area contributed by atoms with Gasteiger partial charge in [0.05, 0.1) is 22.9 Å². The summed E-state index contributed by atoms with van der Waals surface area (Å²) >= 11 is 0. The van der Waals surface area contributed by atoms with E-state index in [1.165, 1.54) is 0 Å². The molecule has 5 nitrogen and oxygen atoms in total. The summed E-state index contributed by atoms with van der Waals surface area (Å²) in [6.45, 7) is 1.51. The van der Waals surface area contributed by atoms with Gasteiger partial charge in [-0.25, -0.2) is 8.42 Å². The van der Waals surface area contributed by atoms with Gasteiger partial charge in [-0.3, -0.25) is 0 Å². The second-order valence-electron chi connectivity index (χ2n) is 4.01. The highest BCUT2D eigenvalue weighted by atomic mass is 32.2. The van der Waals surface area contributed by atoms with Crippen molar-refractivity contribution in [3.05, 3.63) is 18.2 Å². The van der Waals surface area contributed by atoms with E-state index in [-0.39, 0.29) is 12.3 Å². The van der Waals surface area contributed by atoms with E-state index in [1.54, 1.807) is 18.2 Å². The Morgan fingerprint density at radius 1 is 1.47 bits per heavy atom. The molecule has 0 aromatic heterocycles. The first-order valence-corrected chi connectivity index (χ1v) is 7.10. The summed E-state index contributed by atoms with van der Waals surface area (Å²) < 4.78 is 29.2. The highest BCUT2D eigenvalue weighted by molar-refractivity contribution is 7.91. The van der Waals surface area contributed by atoms with Crippen molar-refractivity contribution >= 4 is 15.5 Å². The molecular formula is C11H16N2O3S. The standard InChI is InChI=1S/C11H16N2O3S/c1-13-5-6-16-11-3-2-9(8-10(11)13)17(14,15)7-4-12/h2-3,8H,4-7,12H2,1H3. The smallest absolute Gasteiger partial charge is 0.179 e. The molecule has 1 aliphatic rings. The number of sulfone groups is 1. The minimum atomic E-state index is -3.27. The highest BCUT2D eigenvalue weighted by Gasteiger charge is 2.20. The molecule has 0 bridgehead atoms. The van der Waals surface area contributed by atoms with E-state index in [0.717, 1.165) is 18.0 Å². The summed E-state index contributed by atoms with van der Waals surface area (Å²) in [4.78, 5) is 2.29. The molecule has 0 amide bonds. The van der Waals surface area contributed by atoms with E-state index in [4.69, 9.17) is 10.5 Å². The molecule has 0 spiro atoms. The van der Waals surface area contributed by atoms with Gasteiger partial charge in [-0.1, -0.05) is 0 Å². The monoisotopic (exact) mass is 256 g/mol. The maximum atomic E-state index is 11.9. The van der Waals surface area contributed by atoms with Crippen LogP contribution in [0.1, 0.15) is 0 Å². The van der Waals surface area contributed by atoms with Crippen LogP contribution in [0.2, 0.25) is 0 Å². The molecule has 0 unspecified atom stereocenters. The fourth-order valence-corrected chi connectivity index (χ4v) is 2.91. The van der Waals surface area contributed by atoms with E-state index in [2.05, 4.69) is 0 Å². The van der Waals surface area contributed by atoms with Crippen LogP contribution in [-0.2, 0) is 9.84 Å². The number of hydrogen-bond acceptors (Lipinski definition) is 5. The van der Waals surface area contributed by atoms with Crippen LogP contribution in [0.25, 0.3) is 0 Å². The first kappa shape index (κ1) is 12.2. The van der Waals surface area contributed by atoms with Crippen molar-refractivity contribution in [1.82, 2.24) is 0 Å². The molecule has 0 saturated carbocycles. The van der Waals surface area contributed by atoms with Crippen LogP contribution in [0, 0.1) is 0 Å². The fourth-order valence-electron chi connectivity index (χ4n) is 1.80. The van der Waals surface area contributed by atoms with Gasteiger partial charge in [-0.15, -0.1) is 0 Å². The largest absolute Gasteiger partial charge is 0.490 e. The van der Waals surface area contributed by atoms with Crippen molar-refractivity contribution in [2.75, 3.05) is 37.4 Å². The lowest BCUT2D eigenvalue weighted by Crippen LogP contribution is -2.29. The Balaban J connectivity index is 2.42. The van der Waals surface area contributed by atoms with E-state index in [0.29, 0.717) is 11.5 Å². The normalized spacial score (nSPS) is 15.3. The molecule has 6 heteroatoms. The number of fused-ring (bicyclic) bond motifs is 1. The first-order chi connectivity index (χ1) is 8.04. The van der Waals surface area contributed by atoms with Crippen LogP contribution in [-0.4, -0.2) is 40.9 Å². The third kappa shape index (κ3) is 2.37. The number of nitrogens with zero attached hydrogens (tertiary/aromatic N) is 1. The summed E-state index contributed by atoms with van der Waals surface area (Å²) in [5, 5.41) is 0. The number of nitrogens with two attached hydrogens (primary N) is 1. The van der Waals surface area contributed by atoms with Gasteiger partial charge in [0.1, 0.15) is 12.4 Å². The van der Waals surface area contributed by atoms with Gasteiger partial charge >= 0.3 is 0 Å². The molecule has 94 valence electrons. The number of benzene rings is 1. The number of ether oxygens (including phenoxy) is 1. The Hall–Kier alpha value is -1.27. The van der Waals surface area contributed by atoms with Gasteiger partial charge in [-0.05, 0) is 18.2 Å². The zero-order valence-electron chi connectivity index (χ0n) is 9.72. The Morgan fingerprint density at radius 2 is 2.24 bits per heavy atom. The van der Waals surface area contributed by atoms with Crippen LogP contribution < -0.4 is 15.4 Å². The van der Waals surface area contributed by atoms with Crippen LogP contribution in [0.3, 0.4) is 0 Å². The lowest BCUT2D eigenvalue weighted by atomic mass is 10.2. The van der Waals surface area contributed by atoms with Gasteiger partial charge in [0.2, 0.25) is 0 Å². The zero-order chi connectivity index (χ0) is 12.5. The Morgan fingerprint density at radius 3 is 2.94 bits per heavy atom. The fraction of sp³-hybridized carbons (Fsp3) is 0.455. The predicted molar refractivity (Wildman–Crippen MR) is 66.3 cm³/mol. The van der Waals surface area contributed by atoms with Crippen molar-refractivity contribution in [1.29, 1.82) is 0 Å². The second-order valence-corrected chi connectivity index (χ2v) is 6.12. The van der Waals surface area contributed by atoms with Gasteiger partial charge in [-0.2, -0.15) is 0 Å². The molecule has 1 aromatic rings. The number of rotatable bonds is 3. The van der Waals surface area contributed by atoms with Gasteiger partial charge in [0.15, 0.2) is 9.84 Å². The van der Waals surface area contributed by atoms with Crippen molar-refractivity contribution < 1.29 is 13.2 Å². The summed E-state index contributed by atoms with van der Waals surface area (Å²) in [7, 11) is -1.36. The number of likely N-dealkylation sites (N-methyl/N-ethyl adjacent to an activating group) is 1. The van der Waals surface area contributed by atoms with Crippen LogP contribution >= 0.6 is 0 Å². The summed E-state index contributed by atoms with van der Waals surface area (Å²) in [6, 6.07) is 4.93. The summed E-state index contributed by atoms with van der Waals surface area (Å²) in [5.41, 5.74) is 6.12. The minimum Gasteiger partial charge on any atom is -0.490 e. The Bertz CT molecular complexity index is 513. The highest BCUT2D eigenvalue weighted by Crippen LogP contribution is 2.32. The maximum Gasteiger partial charge on any atom is 0.179 e. The lowest BCUT2D eigenvalue weighted by molar-refractivity contribution is 0.311.